The van der Waals surface area contributed by atoms with Gasteiger partial charge in [-0.05, 0) is 13.8 Å². The summed E-state index contributed by atoms with van der Waals surface area (Å²) in [4.78, 5) is 17.0. The van der Waals surface area contributed by atoms with E-state index in [0.717, 1.165) is 12.2 Å². The average Bonchev–Trinajstić information content (AvgIpc) is 2.72. The third kappa shape index (κ3) is 4.41. The van der Waals surface area contributed by atoms with E-state index in [1.165, 1.54) is 11.3 Å². The summed E-state index contributed by atoms with van der Waals surface area (Å²) in [7, 11) is 1.67. The second-order valence-corrected chi connectivity index (χ2v) is 4.86. The number of carboxylic acids is 1. The highest BCUT2D eigenvalue weighted by Crippen LogP contribution is 2.13. The first kappa shape index (κ1) is 14.1. The number of rotatable bonds is 7. The lowest BCUT2D eigenvalue weighted by atomic mass is 10.3. The molecule has 0 saturated carbocycles. The Morgan fingerprint density at radius 1 is 1.65 bits per heavy atom. The van der Waals surface area contributed by atoms with Crippen molar-refractivity contribution in [2.45, 2.75) is 26.4 Å². The Bertz CT molecular complexity index is 365. The molecule has 6 heteroatoms. The van der Waals surface area contributed by atoms with E-state index in [0.29, 0.717) is 19.2 Å². The van der Waals surface area contributed by atoms with Gasteiger partial charge in [0, 0.05) is 31.6 Å². The highest BCUT2D eigenvalue weighted by molar-refractivity contribution is 7.11. The molecule has 0 aliphatic rings. The molecule has 0 fully saturated rings. The number of ether oxygens (including phenoxy) is 1. The van der Waals surface area contributed by atoms with Gasteiger partial charge in [0.2, 0.25) is 5.01 Å². The summed E-state index contributed by atoms with van der Waals surface area (Å²) < 4.78 is 5.05. The number of aromatic nitrogens is 1. The highest BCUT2D eigenvalue weighted by atomic mass is 32.1. The molecule has 1 N–H and O–H groups in total. The second kappa shape index (κ2) is 6.68. The molecule has 0 spiro atoms. The molecule has 96 valence electrons. The third-order valence-electron chi connectivity index (χ3n) is 2.41. The summed E-state index contributed by atoms with van der Waals surface area (Å²) in [5.74, 6) is -0.964. The van der Waals surface area contributed by atoms with Crippen molar-refractivity contribution in [3.8, 4) is 0 Å². The Balaban J connectivity index is 2.61. The van der Waals surface area contributed by atoms with Crippen LogP contribution in [0.4, 0.5) is 0 Å². The number of hydrogen-bond acceptors (Lipinski definition) is 5. The molecule has 0 amide bonds. The topological polar surface area (TPSA) is 62.7 Å². The quantitative estimate of drug-likeness (QED) is 0.806. The van der Waals surface area contributed by atoms with Gasteiger partial charge in [-0.15, -0.1) is 11.3 Å². The van der Waals surface area contributed by atoms with Crippen LogP contribution < -0.4 is 0 Å². The van der Waals surface area contributed by atoms with Crippen LogP contribution in [0, 0.1) is 0 Å². The number of methoxy groups -OCH3 is 1. The number of carboxylic acid groups (broad SMARTS) is 1. The largest absolute Gasteiger partial charge is 0.476 e. The van der Waals surface area contributed by atoms with E-state index >= 15 is 0 Å². The maximum Gasteiger partial charge on any atom is 0.365 e. The van der Waals surface area contributed by atoms with Crippen LogP contribution in [0.3, 0.4) is 0 Å². The minimum Gasteiger partial charge on any atom is -0.476 e. The molecule has 0 aliphatic heterocycles. The standard InChI is InChI=1S/C11H18N2O3S/c1-8(2)13(4-5-16-3)6-9-7-17-10(12-9)11(14)15/h7-8H,4-6H2,1-3H3,(H,14,15). The zero-order chi connectivity index (χ0) is 12.8. The molecule has 0 bridgehead atoms. The van der Waals surface area contributed by atoms with Crippen molar-refractivity contribution < 1.29 is 14.6 Å². The van der Waals surface area contributed by atoms with Crippen LogP contribution in [-0.2, 0) is 11.3 Å². The summed E-state index contributed by atoms with van der Waals surface area (Å²) in [5.41, 5.74) is 0.803. The molecular weight excluding hydrogens is 240 g/mol. The van der Waals surface area contributed by atoms with Crippen molar-refractivity contribution in [2.75, 3.05) is 20.3 Å². The molecule has 17 heavy (non-hydrogen) atoms. The van der Waals surface area contributed by atoms with E-state index in [1.807, 2.05) is 0 Å². The van der Waals surface area contributed by atoms with Crippen LogP contribution >= 0.6 is 11.3 Å². The Morgan fingerprint density at radius 2 is 2.35 bits per heavy atom. The minimum absolute atomic E-state index is 0.149. The van der Waals surface area contributed by atoms with Crippen LogP contribution in [-0.4, -0.2) is 47.3 Å². The van der Waals surface area contributed by atoms with E-state index in [9.17, 15) is 4.79 Å². The number of carbonyl (C=O) groups is 1. The van der Waals surface area contributed by atoms with Crippen molar-refractivity contribution in [3.05, 3.63) is 16.1 Å². The Morgan fingerprint density at radius 3 is 2.82 bits per heavy atom. The lowest BCUT2D eigenvalue weighted by molar-refractivity contribution is 0.0695. The van der Waals surface area contributed by atoms with E-state index in [4.69, 9.17) is 9.84 Å². The molecule has 0 radical (unpaired) electrons. The fourth-order valence-corrected chi connectivity index (χ4v) is 2.06. The van der Waals surface area contributed by atoms with E-state index in [2.05, 4.69) is 23.7 Å². The first-order valence-corrected chi connectivity index (χ1v) is 6.33. The third-order valence-corrected chi connectivity index (χ3v) is 3.29. The van der Waals surface area contributed by atoms with Gasteiger partial charge in [-0.3, -0.25) is 4.90 Å². The molecule has 0 aliphatic carbocycles. The van der Waals surface area contributed by atoms with Crippen LogP contribution in [0.2, 0.25) is 0 Å². The fourth-order valence-electron chi connectivity index (χ4n) is 1.41. The van der Waals surface area contributed by atoms with Gasteiger partial charge < -0.3 is 9.84 Å². The predicted molar refractivity (Wildman–Crippen MR) is 66.5 cm³/mol. The predicted octanol–water partition coefficient (Wildman–Crippen LogP) is 1.70. The van der Waals surface area contributed by atoms with Gasteiger partial charge in [0.1, 0.15) is 0 Å². The summed E-state index contributed by atoms with van der Waals surface area (Å²) >= 11 is 1.17. The zero-order valence-electron chi connectivity index (χ0n) is 10.3. The van der Waals surface area contributed by atoms with Gasteiger partial charge in [-0.2, -0.15) is 0 Å². The van der Waals surface area contributed by atoms with Gasteiger partial charge >= 0.3 is 5.97 Å². The summed E-state index contributed by atoms with van der Waals surface area (Å²) in [5, 5.41) is 10.7. The number of aromatic carboxylic acids is 1. The maximum atomic E-state index is 10.7. The maximum absolute atomic E-state index is 10.7. The molecule has 0 aromatic carbocycles. The van der Waals surface area contributed by atoms with Crippen molar-refractivity contribution in [2.24, 2.45) is 0 Å². The highest BCUT2D eigenvalue weighted by Gasteiger charge is 2.14. The molecule has 1 rings (SSSR count). The Hall–Kier alpha value is -0.980. The van der Waals surface area contributed by atoms with E-state index in [1.54, 1.807) is 12.5 Å². The first-order valence-electron chi connectivity index (χ1n) is 5.45. The number of nitrogens with zero attached hydrogens (tertiary/aromatic N) is 2. The van der Waals surface area contributed by atoms with Crippen LogP contribution in [0.1, 0.15) is 29.3 Å². The smallest absolute Gasteiger partial charge is 0.365 e. The van der Waals surface area contributed by atoms with Crippen molar-refractivity contribution >= 4 is 17.3 Å². The van der Waals surface area contributed by atoms with Crippen LogP contribution in [0.15, 0.2) is 5.38 Å². The fraction of sp³-hybridized carbons (Fsp3) is 0.636. The molecule has 1 aromatic heterocycles. The van der Waals surface area contributed by atoms with Gasteiger partial charge in [-0.25, -0.2) is 9.78 Å². The van der Waals surface area contributed by atoms with Crippen LogP contribution in [0.5, 0.6) is 0 Å². The monoisotopic (exact) mass is 258 g/mol. The SMILES string of the molecule is COCCN(Cc1csc(C(=O)O)n1)C(C)C. The molecule has 1 heterocycles. The Labute approximate surface area is 105 Å². The minimum atomic E-state index is -0.964. The van der Waals surface area contributed by atoms with Crippen molar-refractivity contribution in [3.63, 3.8) is 0 Å². The summed E-state index contributed by atoms with van der Waals surface area (Å²) in [6.45, 7) is 6.33. The first-order chi connectivity index (χ1) is 8.04. The molecule has 0 saturated heterocycles. The van der Waals surface area contributed by atoms with E-state index < -0.39 is 5.97 Å². The summed E-state index contributed by atoms with van der Waals surface area (Å²) in [6, 6.07) is 0.375. The summed E-state index contributed by atoms with van der Waals surface area (Å²) in [6.07, 6.45) is 0. The molecule has 0 unspecified atom stereocenters. The molecule has 0 atom stereocenters. The number of hydrogen-bond donors (Lipinski definition) is 1. The van der Waals surface area contributed by atoms with E-state index in [-0.39, 0.29) is 5.01 Å². The lowest BCUT2D eigenvalue weighted by Gasteiger charge is -2.25. The zero-order valence-corrected chi connectivity index (χ0v) is 11.2. The van der Waals surface area contributed by atoms with Crippen molar-refractivity contribution in [1.29, 1.82) is 0 Å². The van der Waals surface area contributed by atoms with Gasteiger partial charge in [-0.1, -0.05) is 0 Å². The average molecular weight is 258 g/mol. The second-order valence-electron chi connectivity index (χ2n) is 4.01. The van der Waals surface area contributed by atoms with Gasteiger partial charge in [0.05, 0.1) is 12.3 Å². The number of thiazole rings is 1. The van der Waals surface area contributed by atoms with Crippen LogP contribution in [0.25, 0.3) is 0 Å². The van der Waals surface area contributed by atoms with Crippen molar-refractivity contribution in [1.82, 2.24) is 9.88 Å². The van der Waals surface area contributed by atoms with Gasteiger partial charge in [0.25, 0.3) is 0 Å². The lowest BCUT2D eigenvalue weighted by Crippen LogP contribution is -2.33. The van der Waals surface area contributed by atoms with Gasteiger partial charge in [0.15, 0.2) is 0 Å². The molecular formula is C11H18N2O3S. The molecule has 5 nitrogen and oxygen atoms in total. The Kier molecular flexibility index (Phi) is 5.54. The normalized spacial score (nSPS) is 11.4. The molecule has 1 aromatic rings.